The van der Waals surface area contributed by atoms with Gasteiger partial charge in [0.2, 0.25) is 0 Å². The molecule has 0 fully saturated rings. The van der Waals surface area contributed by atoms with Crippen molar-refractivity contribution in [2.45, 2.75) is 47.1 Å². The number of alkyl carbamates (subject to hydrolysis) is 1. The molecular formula is C13H23NO4. The minimum atomic E-state index is -0.664. The van der Waals surface area contributed by atoms with E-state index >= 15 is 0 Å². The van der Waals surface area contributed by atoms with Gasteiger partial charge in [-0.15, -0.1) is 0 Å². The molecule has 0 saturated carbocycles. The number of carbonyl (C=O) groups excluding carboxylic acids is 2. The minimum absolute atomic E-state index is 0.111. The second-order valence-electron chi connectivity index (χ2n) is 5.17. The average Bonchev–Trinajstić information content (AvgIpc) is 2.13. The molecule has 0 aliphatic heterocycles. The molecule has 0 aliphatic rings. The van der Waals surface area contributed by atoms with Crippen molar-refractivity contribution in [1.29, 1.82) is 0 Å². The molecule has 0 unspecified atom stereocenters. The molecule has 104 valence electrons. The highest BCUT2D eigenvalue weighted by Gasteiger charge is 2.20. The van der Waals surface area contributed by atoms with Gasteiger partial charge in [0.25, 0.3) is 0 Å². The van der Waals surface area contributed by atoms with Crippen LogP contribution in [0.4, 0.5) is 4.79 Å². The first kappa shape index (κ1) is 16.5. The third-order valence-corrected chi connectivity index (χ3v) is 1.63. The standard InChI is InChI=1S/C13H23NO4/c1-7-17-11(15)10(8-9(2)3)14-12(16)18-13(4,5)6/h8-9H,7H2,1-6H3,(H,14,16)/b10-8-. The summed E-state index contributed by atoms with van der Waals surface area (Å²) in [4.78, 5) is 23.2. The van der Waals surface area contributed by atoms with E-state index in [1.807, 2.05) is 13.8 Å². The Hall–Kier alpha value is -1.52. The van der Waals surface area contributed by atoms with Gasteiger partial charge in [0.1, 0.15) is 11.3 Å². The number of amides is 1. The van der Waals surface area contributed by atoms with Gasteiger partial charge in [0, 0.05) is 0 Å². The van der Waals surface area contributed by atoms with Crippen molar-refractivity contribution >= 4 is 12.1 Å². The van der Waals surface area contributed by atoms with Crippen LogP contribution in [0.15, 0.2) is 11.8 Å². The van der Waals surface area contributed by atoms with Gasteiger partial charge in [-0.3, -0.25) is 5.32 Å². The molecule has 0 atom stereocenters. The van der Waals surface area contributed by atoms with Crippen LogP contribution in [0.25, 0.3) is 0 Å². The van der Waals surface area contributed by atoms with Crippen molar-refractivity contribution in [2.24, 2.45) is 5.92 Å². The van der Waals surface area contributed by atoms with Gasteiger partial charge in [-0.05, 0) is 33.6 Å². The van der Waals surface area contributed by atoms with Crippen LogP contribution in [0.1, 0.15) is 41.5 Å². The zero-order valence-electron chi connectivity index (χ0n) is 12.0. The van der Waals surface area contributed by atoms with Crippen LogP contribution in [0.5, 0.6) is 0 Å². The summed E-state index contributed by atoms with van der Waals surface area (Å²) in [6.45, 7) is 11.0. The number of hydrogen-bond acceptors (Lipinski definition) is 4. The van der Waals surface area contributed by atoms with E-state index < -0.39 is 17.7 Å². The molecular weight excluding hydrogens is 234 g/mol. The van der Waals surface area contributed by atoms with E-state index in [4.69, 9.17) is 9.47 Å². The van der Waals surface area contributed by atoms with E-state index in [0.29, 0.717) is 0 Å². The number of hydrogen-bond donors (Lipinski definition) is 1. The molecule has 5 nitrogen and oxygen atoms in total. The molecule has 0 radical (unpaired) electrons. The first-order chi connectivity index (χ1) is 8.15. The van der Waals surface area contributed by atoms with Crippen molar-refractivity contribution in [3.63, 3.8) is 0 Å². The monoisotopic (exact) mass is 257 g/mol. The van der Waals surface area contributed by atoms with Crippen molar-refractivity contribution in [2.75, 3.05) is 6.61 Å². The maximum Gasteiger partial charge on any atom is 0.412 e. The van der Waals surface area contributed by atoms with E-state index in [9.17, 15) is 9.59 Å². The van der Waals surface area contributed by atoms with Gasteiger partial charge in [0.05, 0.1) is 6.61 Å². The number of rotatable bonds is 4. The summed E-state index contributed by atoms with van der Waals surface area (Å²) in [5.74, 6) is -0.448. The Labute approximate surface area is 109 Å². The topological polar surface area (TPSA) is 64.6 Å². The lowest BCUT2D eigenvalue weighted by Crippen LogP contribution is -2.34. The number of ether oxygens (including phenoxy) is 2. The summed E-state index contributed by atoms with van der Waals surface area (Å²) in [6, 6.07) is 0. The van der Waals surface area contributed by atoms with Gasteiger partial charge < -0.3 is 9.47 Å². The highest BCUT2D eigenvalue weighted by Crippen LogP contribution is 2.08. The van der Waals surface area contributed by atoms with Crippen molar-refractivity contribution in [1.82, 2.24) is 5.32 Å². The summed E-state index contributed by atoms with van der Waals surface area (Å²) in [5.41, 5.74) is -0.497. The highest BCUT2D eigenvalue weighted by atomic mass is 16.6. The second-order valence-corrected chi connectivity index (χ2v) is 5.17. The molecule has 0 saturated heterocycles. The summed E-state index contributed by atoms with van der Waals surface area (Å²) in [5, 5.41) is 2.41. The first-order valence-corrected chi connectivity index (χ1v) is 6.04. The lowest BCUT2D eigenvalue weighted by Gasteiger charge is -2.20. The normalized spacial score (nSPS) is 12.3. The number of allylic oxidation sites excluding steroid dienone is 1. The molecule has 0 aromatic heterocycles. The Morgan fingerprint density at radius 2 is 1.83 bits per heavy atom. The van der Waals surface area contributed by atoms with Crippen LogP contribution in [-0.2, 0) is 14.3 Å². The predicted molar refractivity (Wildman–Crippen MR) is 68.9 cm³/mol. The third-order valence-electron chi connectivity index (χ3n) is 1.63. The molecule has 0 spiro atoms. The van der Waals surface area contributed by atoms with E-state index in [1.165, 1.54) is 0 Å². The largest absolute Gasteiger partial charge is 0.461 e. The van der Waals surface area contributed by atoms with Gasteiger partial charge in [-0.25, -0.2) is 9.59 Å². The highest BCUT2D eigenvalue weighted by molar-refractivity contribution is 5.92. The van der Waals surface area contributed by atoms with Crippen LogP contribution < -0.4 is 5.32 Å². The SMILES string of the molecule is CCOC(=O)/C(=C/C(C)C)NC(=O)OC(C)(C)C. The minimum Gasteiger partial charge on any atom is -0.461 e. The summed E-state index contributed by atoms with van der Waals surface area (Å²) >= 11 is 0. The summed E-state index contributed by atoms with van der Waals surface area (Å²) in [6.07, 6.45) is 0.963. The van der Waals surface area contributed by atoms with Gasteiger partial charge >= 0.3 is 12.1 Å². The van der Waals surface area contributed by atoms with Crippen molar-refractivity contribution in [3.05, 3.63) is 11.8 Å². The lowest BCUT2D eigenvalue weighted by atomic mass is 10.2. The molecule has 1 N–H and O–H groups in total. The van der Waals surface area contributed by atoms with Crippen LogP contribution in [0.2, 0.25) is 0 Å². The smallest absolute Gasteiger partial charge is 0.412 e. The zero-order valence-corrected chi connectivity index (χ0v) is 12.0. The Kier molecular flexibility index (Phi) is 6.44. The van der Waals surface area contributed by atoms with Crippen molar-refractivity contribution in [3.8, 4) is 0 Å². The fourth-order valence-electron chi connectivity index (χ4n) is 1.12. The predicted octanol–water partition coefficient (Wildman–Crippen LogP) is 2.61. The van der Waals surface area contributed by atoms with E-state index in [1.54, 1.807) is 33.8 Å². The van der Waals surface area contributed by atoms with Crippen molar-refractivity contribution < 1.29 is 19.1 Å². The van der Waals surface area contributed by atoms with E-state index in [-0.39, 0.29) is 18.2 Å². The number of nitrogens with one attached hydrogen (secondary N) is 1. The molecule has 0 heterocycles. The Bertz CT molecular complexity index is 326. The summed E-state index contributed by atoms with van der Waals surface area (Å²) < 4.78 is 9.94. The molecule has 0 bridgehead atoms. The quantitative estimate of drug-likeness (QED) is 0.621. The molecule has 5 heteroatoms. The Morgan fingerprint density at radius 3 is 2.22 bits per heavy atom. The zero-order chi connectivity index (χ0) is 14.3. The number of esters is 1. The maximum atomic E-state index is 11.6. The Balaban J connectivity index is 4.71. The second kappa shape index (κ2) is 7.03. The van der Waals surface area contributed by atoms with Gasteiger partial charge in [-0.2, -0.15) is 0 Å². The van der Waals surface area contributed by atoms with Crippen LogP contribution >= 0.6 is 0 Å². The number of carbonyl (C=O) groups is 2. The molecule has 1 amide bonds. The summed E-state index contributed by atoms with van der Waals surface area (Å²) in [7, 11) is 0. The van der Waals surface area contributed by atoms with Crippen LogP contribution in [0.3, 0.4) is 0 Å². The molecule has 0 aromatic rings. The maximum absolute atomic E-state index is 11.6. The Morgan fingerprint density at radius 1 is 1.28 bits per heavy atom. The van der Waals surface area contributed by atoms with E-state index in [0.717, 1.165) is 0 Å². The van der Waals surface area contributed by atoms with Gasteiger partial charge in [-0.1, -0.05) is 19.9 Å². The van der Waals surface area contributed by atoms with E-state index in [2.05, 4.69) is 5.32 Å². The fraction of sp³-hybridized carbons (Fsp3) is 0.692. The molecule has 0 aromatic carbocycles. The molecule has 0 rings (SSSR count). The average molecular weight is 257 g/mol. The third kappa shape index (κ3) is 7.70. The fourth-order valence-corrected chi connectivity index (χ4v) is 1.12. The molecule has 18 heavy (non-hydrogen) atoms. The lowest BCUT2D eigenvalue weighted by molar-refractivity contribution is -0.139. The van der Waals surface area contributed by atoms with Crippen LogP contribution in [-0.4, -0.2) is 24.3 Å². The molecule has 0 aliphatic carbocycles. The first-order valence-electron chi connectivity index (χ1n) is 6.04. The van der Waals surface area contributed by atoms with Gasteiger partial charge in [0.15, 0.2) is 0 Å². The van der Waals surface area contributed by atoms with Crippen LogP contribution in [0, 0.1) is 5.92 Å².